The van der Waals surface area contributed by atoms with E-state index in [-0.39, 0.29) is 12.5 Å². The second-order valence-electron chi connectivity index (χ2n) is 5.05. The highest BCUT2D eigenvalue weighted by atomic mass is 16.5. The monoisotopic (exact) mass is 324 g/mol. The Kier molecular flexibility index (Phi) is 4.88. The third kappa shape index (κ3) is 3.99. The summed E-state index contributed by atoms with van der Waals surface area (Å²) in [7, 11) is 0. The molecule has 0 radical (unpaired) electrons. The number of benzene rings is 1. The molecule has 0 saturated heterocycles. The predicted molar refractivity (Wildman–Crippen MR) is 86.8 cm³/mol. The van der Waals surface area contributed by atoms with Crippen LogP contribution in [0.2, 0.25) is 0 Å². The van der Waals surface area contributed by atoms with Crippen LogP contribution in [-0.4, -0.2) is 22.5 Å². The SMILES string of the molecule is O=C(NCC(O)c1ccco1)c1cccc(Oc2ccncc2)c1. The summed E-state index contributed by atoms with van der Waals surface area (Å²) in [4.78, 5) is 16.1. The van der Waals surface area contributed by atoms with Crippen molar-refractivity contribution in [2.24, 2.45) is 0 Å². The first-order valence-electron chi connectivity index (χ1n) is 7.40. The van der Waals surface area contributed by atoms with Gasteiger partial charge >= 0.3 is 0 Å². The molecule has 0 aliphatic carbocycles. The lowest BCUT2D eigenvalue weighted by atomic mass is 10.2. The molecule has 1 unspecified atom stereocenters. The van der Waals surface area contributed by atoms with Crippen LogP contribution in [0.3, 0.4) is 0 Å². The van der Waals surface area contributed by atoms with Crippen molar-refractivity contribution in [3.05, 3.63) is 78.5 Å². The van der Waals surface area contributed by atoms with Gasteiger partial charge in [-0.05, 0) is 42.5 Å². The van der Waals surface area contributed by atoms with E-state index in [1.54, 1.807) is 60.9 Å². The molecule has 0 spiro atoms. The fourth-order valence-corrected chi connectivity index (χ4v) is 2.12. The molecule has 0 saturated carbocycles. The number of hydrogen-bond donors (Lipinski definition) is 2. The van der Waals surface area contributed by atoms with Gasteiger partial charge < -0.3 is 19.6 Å². The molecule has 1 aromatic carbocycles. The molecule has 122 valence electrons. The summed E-state index contributed by atoms with van der Waals surface area (Å²) in [6.07, 6.45) is 3.84. The summed E-state index contributed by atoms with van der Waals surface area (Å²) in [5.41, 5.74) is 0.438. The Balaban J connectivity index is 1.62. The van der Waals surface area contributed by atoms with Crippen molar-refractivity contribution < 1.29 is 19.1 Å². The molecule has 24 heavy (non-hydrogen) atoms. The quantitative estimate of drug-likeness (QED) is 0.728. The number of hydrogen-bond acceptors (Lipinski definition) is 5. The zero-order valence-corrected chi connectivity index (χ0v) is 12.8. The smallest absolute Gasteiger partial charge is 0.251 e. The summed E-state index contributed by atoms with van der Waals surface area (Å²) in [6, 6.07) is 13.6. The van der Waals surface area contributed by atoms with Gasteiger partial charge in [0.1, 0.15) is 23.4 Å². The van der Waals surface area contributed by atoms with E-state index < -0.39 is 6.10 Å². The van der Waals surface area contributed by atoms with Crippen molar-refractivity contribution in [2.75, 3.05) is 6.54 Å². The number of ether oxygens (including phenoxy) is 1. The summed E-state index contributed by atoms with van der Waals surface area (Å²) in [5, 5.41) is 12.6. The Labute approximate surface area is 138 Å². The van der Waals surface area contributed by atoms with Gasteiger partial charge in [-0.25, -0.2) is 0 Å². The number of carbonyl (C=O) groups is 1. The maximum absolute atomic E-state index is 12.2. The van der Waals surface area contributed by atoms with Crippen LogP contribution < -0.4 is 10.1 Å². The molecular weight excluding hydrogens is 308 g/mol. The lowest BCUT2D eigenvalue weighted by Gasteiger charge is -2.11. The molecule has 2 N–H and O–H groups in total. The number of pyridine rings is 1. The molecule has 0 aliphatic heterocycles. The Morgan fingerprint density at radius 1 is 1.17 bits per heavy atom. The maximum Gasteiger partial charge on any atom is 0.251 e. The first-order valence-corrected chi connectivity index (χ1v) is 7.40. The third-order valence-corrected chi connectivity index (χ3v) is 3.31. The highest BCUT2D eigenvalue weighted by Crippen LogP contribution is 2.21. The molecule has 6 heteroatoms. The molecule has 0 bridgehead atoms. The van der Waals surface area contributed by atoms with Gasteiger partial charge in [-0.1, -0.05) is 6.07 Å². The second-order valence-corrected chi connectivity index (χ2v) is 5.05. The first-order chi connectivity index (χ1) is 11.7. The number of carbonyl (C=O) groups excluding carboxylic acids is 1. The van der Waals surface area contributed by atoms with Crippen LogP contribution in [0, 0.1) is 0 Å². The van der Waals surface area contributed by atoms with Crippen molar-refractivity contribution >= 4 is 5.91 Å². The molecule has 1 amide bonds. The molecule has 0 aliphatic rings. The number of aliphatic hydroxyl groups excluding tert-OH is 1. The summed E-state index contributed by atoms with van der Waals surface area (Å²) in [5.74, 6) is 1.28. The van der Waals surface area contributed by atoms with Gasteiger partial charge in [-0.15, -0.1) is 0 Å². The molecule has 3 rings (SSSR count). The molecule has 3 aromatic rings. The standard InChI is InChI=1S/C18H16N2O4/c21-16(17-5-2-10-23-17)12-20-18(22)13-3-1-4-15(11-13)24-14-6-8-19-9-7-14/h1-11,16,21H,12H2,(H,20,22). The first kappa shape index (κ1) is 15.8. The minimum absolute atomic E-state index is 0.0573. The van der Waals surface area contributed by atoms with Gasteiger partial charge in [0.2, 0.25) is 0 Å². The number of furan rings is 1. The van der Waals surface area contributed by atoms with Crippen LogP contribution in [-0.2, 0) is 0 Å². The Hall–Kier alpha value is -3.12. The number of rotatable bonds is 6. The lowest BCUT2D eigenvalue weighted by Crippen LogP contribution is -2.28. The molecule has 2 heterocycles. The van der Waals surface area contributed by atoms with E-state index in [0.29, 0.717) is 22.8 Å². The van der Waals surface area contributed by atoms with E-state index in [0.717, 1.165) is 0 Å². The van der Waals surface area contributed by atoms with Gasteiger partial charge in [0.25, 0.3) is 5.91 Å². The largest absolute Gasteiger partial charge is 0.467 e. The van der Waals surface area contributed by atoms with Gasteiger partial charge in [0.15, 0.2) is 0 Å². The molecule has 2 aromatic heterocycles. The van der Waals surface area contributed by atoms with Crippen molar-refractivity contribution in [1.29, 1.82) is 0 Å². The third-order valence-electron chi connectivity index (χ3n) is 3.31. The highest BCUT2D eigenvalue weighted by Gasteiger charge is 2.13. The summed E-state index contributed by atoms with van der Waals surface area (Å²) >= 11 is 0. The lowest BCUT2D eigenvalue weighted by molar-refractivity contribution is 0.0901. The number of nitrogens with zero attached hydrogens (tertiary/aromatic N) is 1. The van der Waals surface area contributed by atoms with Crippen LogP contribution >= 0.6 is 0 Å². The number of nitrogens with one attached hydrogen (secondary N) is 1. The van der Waals surface area contributed by atoms with Crippen molar-refractivity contribution in [2.45, 2.75) is 6.10 Å². The average molecular weight is 324 g/mol. The van der Waals surface area contributed by atoms with Crippen LogP contribution in [0.1, 0.15) is 22.2 Å². The van der Waals surface area contributed by atoms with Gasteiger partial charge in [-0.3, -0.25) is 9.78 Å². The molecule has 1 atom stereocenters. The number of amides is 1. The molecule has 6 nitrogen and oxygen atoms in total. The topological polar surface area (TPSA) is 84.6 Å². The zero-order valence-electron chi connectivity index (χ0n) is 12.8. The fourth-order valence-electron chi connectivity index (χ4n) is 2.12. The number of aromatic nitrogens is 1. The van der Waals surface area contributed by atoms with Crippen LogP contribution in [0.25, 0.3) is 0 Å². The zero-order chi connectivity index (χ0) is 16.8. The van der Waals surface area contributed by atoms with E-state index >= 15 is 0 Å². The van der Waals surface area contributed by atoms with Crippen molar-refractivity contribution in [3.8, 4) is 11.5 Å². The number of aliphatic hydroxyl groups is 1. The van der Waals surface area contributed by atoms with Crippen LogP contribution in [0.15, 0.2) is 71.6 Å². The van der Waals surface area contributed by atoms with Gasteiger partial charge in [0.05, 0.1) is 12.8 Å². The molecular formula is C18H16N2O4. The Morgan fingerprint density at radius 2 is 2.00 bits per heavy atom. The Bertz CT molecular complexity index is 788. The minimum atomic E-state index is -0.889. The minimum Gasteiger partial charge on any atom is -0.467 e. The van der Waals surface area contributed by atoms with E-state index in [9.17, 15) is 9.90 Å². The van der Waals surface area contributed by atoms with Crippen LogP contribution in [0.4, 0.5) is 0 Å². The van der Waals surface area contributed by atoms with E-state index in [1.807, 2.05) is 0 Å². The van der Waals surface area contributed by atoms with Gasteiger partial charge in [0, 0.05) is 18.0 Å². The van der Waals surface area contributed by atoms with Crippen LogP contribution in [0.5, 0.6) is 11.5 Å². The molecule has 0 fully saturated rings. The fraction of sp³-hybridized carbons (Fsp3) is 0.111. The van der Waals surface area contributed by atoms with Gasteiger partial charge in [-0.2, -0.15) is 0 Å². The highest BCUT2D eigenvalue weighted by molar-refractivity contribution is 5.94. The summed E-state index contributed by atoms with van der Waals surface area (Å²) < 4.78 is 10.8. The Morgan fingerprint density at radius 3 is 2.75 bits per heavy atom. The maximum atomic E-state index is 12.2. The van der Waals surface area contributed by atoms with E-state index in [2.05, 4.69) is 10.3 Å². The second kappa shape index (κ2) is 7.43. The normalized spacial score (nSPS) is 11.7. The predicted octanol–water partition coefficient (Wildman–Crippen LogP) is 2.93. The van der Waals surface area contributed by atoms with E-state index in [1.165, 1.54) is 6.26 Å². The summed E-state index contributed by atoms with van der Waals surface area (Å²) in [6.45, 7) is 0.0573. The van der Waals surface area contributed by atoms with Crippen molar-refractivity contribution in [1.82, 2.24) is 10.3 Å². The average Bonchev–Trinajstić information content (AvgIpc) is 3.15. The van der Waals surface area contributed by atoms with Crippen molar-refractivity contribution in [3.63, 3.8) is 0 Å². The van der Waals surface area contributed by atoms with E-state index in [4.69, 9.17) is 9.15 Å².